The second-order valence-electron chi connectivity index (χ2n) is 4.55. The van der Waals surface area contributed by atoms with E-state index in [-0.39, 0.29) is 22.6 Å². The summed E-state index contributed by atoms with van der Waals surface area (Å²) in [7, 11) is 1.11. The molecule has 0 N–H and O–H groups in total. The van der Waals surface area contributed by atoms with Crippen LogP contribution in [0.3, 0.4) is 0 Å². The van der Waals surface area contributed by atoms with E-state index in [4.69, 9.17) is 12.6 Å². The fourth-order valence-electron chi connectivity index (χ4n) is 2.07. The van der Waals surface area contributed by atoms with Crippen molar-refractivity contribution in [2.75, 3.05) is 12.0 Å². The molecule has 1 amide bonds. The lowest BCUT2D eigenvalue weighted by molar-refractivity contribution is -0.141. The number of aryl methyl sites for hydroxylation is 2. The van der Waals surface area contributed by atoms with Gasteiger partial charge < -0.3 is 9.15 Å². The molecule has 0 aliphatic heterocycles. The van der Waals surface area contributed by atoms with E-state index in [0.29, 0.717) is 0 Å². The molecule has 1 unspecified atom stereocenters. The second-order valence-corrected chi connectivity index (χ2v) is 4.55. The van der Waals surface area contributed by atoms with Gasteiger partial charge in [0.05, 0.1) is 19.1 Å². The maximum Gasteiger partial charge on any atom is 0.328 e. The van der Waals surface area contributed by atoms with Gasteiger partial charge in [0.25, 0.3) is 5.91 Å². The SMILES string of the molecule is [2H]C([2H])([2H])c1cccc(C([2H])([2H])[2H])c1N(C(=O)c1ccco1)C(C)C(=O)OC. The molecule has 22 heavy (non-hydrogen) atoms. The highest BCUT2D eigenvalue weighted by molar-refractivity contribution is 6.08. The van der Waals surface area contributed by atoms with Crippen LogP contribution in [0, 0.1) is 13.7 Å². The van der Waals surface area contributed by atoms with E-state index in [1.54, 1.807) is 0 Å². The molecular weight excluding hydrogens is 282 g/mol. The van der Waals surface area contributed by atoms with Crippen LogP contribution in [0.5, 0.6) is 0 Å². The first-order valence-electron chi connectivity index (χ1n) is 9.48. The number of hydrogen-bond donors (Lipinski definition) is 0. The van der Waals surface area contributed by atoms with Gasteiger partial charge in [-0.05, 0) is 43.9 Å². The Bertz CT molecular complexity index is 825. The number of ether oxygens (including phenoxy) is 1. The zero-order valence-corrected chi connectivity index (χ0v) is 12.1. The highest BCUT2D eigenvalue weighted by Crippen LogP contribution is 2.28. The lowest BCUT2D eigenvalue weighted by Crippen LogP contribution is -2.44. The molecule has 0 spiro atoms. The van der Waals surface area contributed by atoms with E-state index >= 15 is 0 Å². The standard InChI is InChI=1S/C17H19NO4/c1-11-7-5-8-12(2)15(11)18(13(3)17(20)21-4)16(19)14-9-6-10-22-14/h5-10,13H,1-4H3/i1D3,2D3. The van der Waals surface area contributed by atoms with E-state index in [1.807, 2.05) is 0 Å². The summed E-state index contributed by atoms with van der Waals surface area (Å²) < 4.78 is 56.5. The minimum absolute atomic E-state index is 0.187. The van der Waals surface area contributed by atoms with Crippen molar-refractivity contribution in [2.24, 2.45) is 0 Å². The highest BCUT2D eigenvalue weighted by Gasteiger charge is 2.32. The molecule has 1 aromatic carbocycles. The summed E-state index contributed by atoms with van der Waals surface area (Å²) >= 11 is 0. The number of benzene rings is 1. The number of carbonyl (C=O) groups is 2. The van der Waals surface area contributed by atoms with Crippen LogP contribution in [-0.4, -0.2) is 25.0 Å². The molecule has 0 saturated heterocycles. The van der Waals surface area contributed by atoms with Crippen LogP contribution >= 0.6 is 0 Å². The molecule has 0 fully saturated rings. The van der Waals surface area contributed by atoms with Crippen molar-refractivity contribution in [3.8, 4) is 0 Å². The predicted molar refractivity (Wildman–Crippen MR) is 82.9 cm³/mol. The Kier molecular flexibility index (Phi) is 2.78. The fraction of sp³-hybridized carbons (Fsp3) is 0.294. The molecule has 5 heteroatoms. The van der Waals surface area contributed by atoms with Crippen molar-refractivity contribution in [3.63, 3.8) is 0 Å². The van der Waals surface area contributed by atoms with Gasteiger partial charge in [-0.25, -0.2) is 4.79 Å². The van der Waals surface area contributed by atoms with Crippen molar-refractivity contribution in [1.82, 2.24) is 0 Å². The molecule has 0 aliphatic rings. The van der Waals surface area contributed by atoms with Gasteiger partial charge in [0.1, 0.15) is 6.04 Å². The van der Waals surface area contributed by atoms with Crippen molar-refractivity contribution >= 4 is 17.6 Å². The molecule has 1 aromatic heterocycles. The molecule has 1 atom stereocenters. The van der Waals surface area contributed by atoms with Gasteiger partial charge in [-0.1, -0.05) is 18.2 Å². The average Bonchev–Trinajstić information content (AvgIpc) is 3.13. The number of rotatable bonds is 4. The number of furan rings is 1. The van der Waals surface area contributed by atoms with E-state index in [2.05, 4.69) is 4.74 Å². The van der Waals surface area contributed by atoms with Crippen LogP contribution in [0.25, 0.3) is 0 Å². The molecule has 2 rings (SSSR count). The number of amides is 1. The lowest BCUT2D eigenvalue weighted by atomic mass is 10.1. The highest BCUT2D eigenvalue weighted by atomic mass is 16.5. The zero-order chi connectivity index (χ0) is 21.3. The summed E-state index contributed by atoms with van der Waals surface area (Å²) in [5.41, 5.74) is -1.14. The Hall–Kier alpha value is -2.56. The number of carbonyl (C=O) groups excluding carboxylic acids is 2. The zero-order valence-electron chi connectivity index (χ0n) is 18.1. The Balaban J connectivity index is 2.85. The number of nitrogens with zero attached hydrogens (tertiary/aromatic N) is 1. The van der Waals surface area contributed by atoms with Crippen LogP contribution < -0.4 is 4.90 Å². The van der Waals surface area contributed by atoms with Crippen molar-refractivity contribution < 1.29 is 27.0 Å². The lowest BCUT2D eigenvalue weighted by Gasteiger charge is -2.29. The predicted octanol–water partition coefficient (Wildman–Crippen LogP) is 3.10. The smallest absolute Gasteiger partial charge is 0.328 e. The van der Waals surface area contributed by atoms with Gasteiger partial charge >= 0.3 is 5.97 Å². The Labute approximate surface area is 137 Å². The largest absolute Gasteiger partial charge is 0.467 e. The maximum atomic E-state index is 13.1. The van der Waals surface area contributed by atoms with Crippen LogP contribution in [0.4, 0.5) is 5.69 Å². The summed E-state index contributed by atoms with van der Waals surface area (Å²) in [6.45, 7) is -4.17. The normalized spacial score (nSPS) is 17.0. The summed E-state index contributed by atoms with van der Waals surface area (Å²) in [6, 6.07) is 5.13. The van der Waals surface area contributed by atoms with E-state index < -0.39 is 31.6 Å². The minimum atomic E-state index is -2.74. The van der Waals surface area contributed by atoms with Crippen LogP contribution in [0.2, 0.25) is 0 Å². The number of hydrogen-bond acceptors (Lipinski definition) is 4. The van der Waals surface area contributed by atoms with Crippen molar-refractivity contribution in [1.29, 1.82) is 0 Å². The molecular formula is C17H19NO4. The number of para-hydroxylation sites is 1. The minimum Gasteiger partial charge on any atom is -0.467 e. The second kappa shape index (κ2) is 6.47. The van der Waals surface area contributed by atoms with Gasteiger partial charge in [0.15, 0.2) is 5.76 Å². The third-order valence-electron chi connectivity index (χ3n) is 3.16. The van der Waals surface area contributed by atoms with Crippen molar-refractivity contribution in [2.45, 2.75) is 26.7 Å². The molecule has 1 heterocycles. The average molecular weight is 307 g/mol. The molecule has 2 aromatic rings. The molecule has 0 radical (unpaired) electrons. The molecule has 0 aliphatic carbocycles. The fourth-order valence-corrected chi connectivity index (χ4v) is 2.07. The quantitative estimate of drug-likeness (QED) is 0.814. The molecule has 0 saturated carbocycles. The van der Waals surface area contributed by atoms with E-state index in [9.17, 15) is 9.59 Å². The van der Waals surface area contributed by atoms with Gasteiger partial charge in [-0.15, -0.1) is 0 Å². The van der Waals surface area contributed by atoms with Crippen LogP contribution in [0.1, 0.15) is 36.8 Å². The summed E-state index contributed by atoms with van der Waals surface area (Å²) in [5.74, 6) is -1.91. The van der Waals surface area contributed by atoms with Gasteiger partial charge in [-0.2, -0.15) is 0 Å². The third-order valence-corrected chi connectivity index (χ3v) is 3.16. The van der Waals surface area contributed by atoms with Gasteiger partial charge in [-0.3, -0.25) is 9.69 Å². The van der Waals surface area contributed by atoms with Crippen molar-refractivity contribution in [3.05, 3.63) is 53.5 Å². The molecule has 0 bridgehead atoms. The number of anilines is 1. The Morgan fingerprint density at radius 1 is 1.23 bits per heavy atom. The first-order valence-corrected chi connectivity index (χ1v) is 6.48. The first kappa shape index (κ1) is 9.46. The number of methoxy groups -OCH3 is 1. The van der Waals surface area contributed by atoms with Crippen LogP contribution in [0.15, 0.2) is 41.0 Å². The Morgan fingerprint density at radius 2 is 1.91 bits per heavy atom. The van der Waals surface area contributed by atoms with Gasteiger partial charge in [0.2, 0.25) is 0 Å². The van der Waals surface area contributed by atoms with E-state index in [1.165, 1.54) is 43.5 Å². The Morgan fingerprint density at radius 3 is 2.41 bits per heavy atom. The topological polar surface area (TPSA) is 59.8 Å². The first-order chi connectivity index (χ1) is 12.9. The van der Waals surface area contributed by atoms with E-state index in [0.717, 1.165) is 12.0 Å². The summed E-state index contributed by atoms with van der Waals surface area (Å²) in [5, 5.41) is 0. The summed E-state index contributed by atoms with van der Waals surface area (Å²) in [4.78, 5) is 26.1. The van der Waals surface area contributed by atoms with Gasteiger partial charge in [0, 0.05) is 8.22 Å². The van der Waals surface area contributed by atoms with Crippen LogP contribution in [-0.2, 0) is 9.53 Å². The molecule has 5 nitrogen and oxygen atoms in total. The molecule has 116 valence electrons. The third kappa shape index (κ3) is 2.88. The summed E-state index contributed by atoms with van der Waals surface area (Å²) in [6.07, 6.45) is 1.23. The maximum absolute atomic E-state index is 13.1. The monoisotopic (exact) mass is 307 g/mol. The number of esters is 1.